The van der Waals surface area contributed by atoms with Crippen LogP contribution in [0.5, 0.6) is 0 Å². The average molecular weight is 188 g/mol. The fraction of sp³-hybridized carbons (Fsp3) is 1.00. The van der Waals surface area contributed by atoms with Crippen molar-refractivity contribution in [3.05, 3.63) is 0 Å². The minimum absolute atomic E-state index is 0.0335. The molecular weight excluding hydrogens is 172 g/mol. The van der Waals surface area contributed by atoms with E-state index >= 15 is 0 Å². The van der Waals surface area contributed by atoms with Gasteiger partial charge in [-0.05, 0) is 19.3 Å². The first-order valence-corrected chi connectivity index (χ1v) is 4.92. The molecule has 2 aliphatic heterocycles. The van der Waals surface area contributed by atoms with Crippen LogP contribution < -0.4 is 0 Å². The Kier molecular flexibility index (Phi) is 2.83. The maximum atomic E-state index is 9.24. The van der Waals surface area contributed by atoms with Crippen LogP contribution in [-0.4, -0.2) is 36.5 Å². The van der Waals surface area contributed by atoms with Crippen molar-refractivity contribution in [2.24, 2.45) is 0 Å². The Hall–Kier alpha value is -0.160. The highest BCUT2D eigenvalue weighted by Crippen LogP contribution is 2.40. The Morgan fingerprint density at radius 1 is 1.46 bits per heavy atom. The number of aliphatic hydroxyl groups is 1. The molecule has 2 fully saturated rings. The van der Waals surface area contributed by atoms with Crippen LogP contribution in [0.1, 0.15) is 26.2 Å². The molecule has 0 aromatic rings. The van der Waals surface area contributed by atoms with Crippen LogP contribution in [0.2, 0.25) is 0 Å². The third-order valence-electron chi connectivity index (χ3n) is 2.45. The summed E-state index contributed by atoms with van der Waals surface area (Å²) in [5.74, 6) is 0. The Balaban J connectivity index is 1.45. The molecule has 4 nitrogen and oxygen atoms in total. The predicted octanol–water partition coefficient (Wildman–Crippen LogP) is 0.635. The molecule has 4 unspecified atom stereocenters. The molecule has 0 saturated carbocycles. The average Bonchev–Trinajstić information content (AvgIpc) is 2.76. The van der Waals surface area contributed by atoms with Gasteiger partial charge in [-0.15, -0.1) is 0 Å². The highest BCUT2D eigenvalue weighted by atomic mass is 16.9. The van der Waals surface area contributed by atoms with Crippen LogP contribution in [-0.2, 0) is 14.2 Å². The molecule has 1 N–H and O–H groups in total. The summed E-state index contributed by atoms with van der Waals surface area (Å²) in [7, 11) is 0. The summed E-state index contributed by atoms with van der Waals surface area (Å²) in [6.45, 7) is 2.62. The molecule has 0 amide bonds. The summed E-state index contributed by atoms with van der Waals surface area (Å²) < 4.78 is 15.6. The first kappa shape index (κ1) is 9.40. The number of epoxide rings is 1. The van der Waals surface area contributed by atoms with Crippen molar-refractivity contribution in [2.75, 3.05) is 6.61 Å². The first-order chi connectivity index (χ1) is 6.31. The van der Waals surface area contributed by atoms with Gasteiger partial charge in [-0.2, -0.15) is 0 Å². The lowest BCUT2D eigenvalue weighted by Gasteiger charge is -2.21. The van der Waals surface area contributed by atoms with Crippen molar-refractivity contribution >= 4 is 0 Å². The molecule has 2 aliphatic rings. The fourth-order valence-electron chi connectivity index (χ4n) is 1.39. The summed E-state index contributed by atoms with van der Waals surface area (Å²) in [6.07, 6.45) is 2.42. The zero-order valence-electron chi connectivity index (χ0n) is 7.81. The fourth-order valence-corrected chi connectivity index (χ4v) is 1.39. The van der Waals surface area contributed by atoms with E-state index in [2.05, 4.69) is 0 Å². The Labute approximate surface area is 77.8 Å². The third kappa shape index (κ3) is 2.20. The van der Waals surface area contributed by atoms with E-state index in [0.29, 0.717) is 6.61 Å². The van der Waals surface area contributed by atoms with E-state index in [0.717, 1.165) is 19.3 Å². The summed E-state index contributed by atoms with van der Waals surface area (Å²) in [6, 6.07) is 0. The molecule has 13 heavy (non-hydrogen) atoms. The molecule has 0 aromatic heterocycles. The van der Waals surface area contributed by atoms with E-state index in [9.17, 15) is 5.11 Å². The van der Waals surface area contributed by atoms with Gasteiger partial charge in [0.25, 0.3) is 0 Å². The van der Waals surface area contributed by atoms with Crippen LogP contribution in [0.3, 0.4) is 0 Å². The van der Waals surface area contributed by atoms with E-state index in [1.807, 2.05) is 6.92 Å². The maximum Gasteiger partial charge on any atom is 0.192 e. The van der Waals surface area contributed by atoms with Gasteiger partial charge in [0.2, 0.25) is 0 Å². The molecule has 2 rings (SSSR count). The van der Waals surface area contributed by atoms with Gasteiger partial charge in [0.1, 0.15) is 0 Å². The smallest absolute Gasteiger partial charge is 0.192 e. The molecule has 0 aromatic carbocycles. The van der Waals surface area contributed by atoms with E-state index < -0.39 is 0 Å². The van der Waals surface area contributed by atoms with Crippen LogP contribution in [0, 0.1) is 0 Å². The molecule has 2 heterocycles. The van der Waals surface area contributed by atoms with Gasteiger partial charge in [-0.1, -0.05) is 6.92 Å². The minimum Gasteiger partial charge on any atom is -0.393 e. The largest absolute Gasteiger partial charge is 0.393 e. The normalized spacial score (nSPS) is 37.8. The van der Waals surface area contributed by atoms with E-state index in [1.165, 1.54) is 0 Å². The van der Waals surface area contributed by atoms with Crippen molar-refractivity contribution in [3.8, 4) is 0 Å². The lowest BCUT2D eigenvalue weighted by Crippen LogP contribution is -2.36. The Bertz CT molecular complexity index is 173. The molecule has 0 bridgehead atoms. The molecule has 2 saturated heterocycles. The van der Waals surface area contributed by atoms with Gasteiger partial charge < -0.3 is 19.3 Å². The molecular formula is C9H16O4. The highest BCUT2D eigenvalue weighted by Gasteiger charge is 2.59. The van der Waals surface area contributed by atoms with Crippen LogP contribution >= 0.6 is 0 Å². The molecule has 4 atom stereocenters. The number of hydrogen-bond acceptors (Lipinski definition) is 4. The van der Waals surface area contributed by atoms with Crippen molar-refractivity contribution in [1.29, 1.82) is 0 Å². The number of fused-ring (bicyclic) bond motifs is 1. The van der Waals surface area contributed by atoms with Crippen molar-refractivity contribution < 1.29 is 19.3 Å². The zero-order chi connectivity index (χ0) is 9.26. The van der Waals surface area contributed by atoms with Gasteiger partial charge in [0, 0.05) is 6.61 Å². The highest BCUT2D eigenvalue weighted by molar-refractivity contribution is 4.90. The number of rotatable bonds is 6. The Morgan fingerprint density at radius 3 is 2.85 bits per heavy atom. The molecule has 4 heteroatoms. The van der Waals surface area contributed by atoms with Gasteiger partial charge >= 0.3 is 0 Å². The second kappa shape index (κ2) is 3.92. The maximum absolute atomic E-state index is 9.24. The topological polar surface area (TPSA) is 51.2 Å². The van der Waals surface area contributed by atoms with Crippen molar-refractivity contribution in [2.45, 2.75) is 51.0 Å². The Morgan fingerprint density at radius 2 is 2.31 bits per heavy atom. The monoisotopic (exact) mass is 188 g/mol. The predicted molar refractivity (Wildman–Crippen MR) is 45.0 cm³/mol. The summed E-state index contributed by atoms with van der Waals surface area (Å²) in [5.41, 5.74) is 0. The van der Waals surface area contributed by atoms with Crippen LogP contribution in [0.15, 0.2) is 0 Å². The van der Waals surface area contributed by atoms with Crippen LogP contribution in [0.25, 0.3) is 0 Å². The van der Waals surface area contributed by atoms with Gasteiger partial charge in [-0.25, -0.2) is 0 Å². The third-order valence-corrected chi connectivity index (χ3v) is 2.45. The second-order valence-corrected chi connectivity index (χ2v) is 3.55. The van der Waals surface area contributed by atoms with Gasteiger partial charge in [-0.3, -0.25) is 0 Å². The second-order valence-electron chi connectivity index (χ2n) is 3.55. The minimum atomic E-state index is -0.184. The summed E-state index contributed by atoms with van der Waals surface area (Å²) in [5, 5.41) is 9.24. The summed E-state index contributed by atoms with van der Waals surface area (Å²) in [4.78, 5) is 0. The van der Waals surface area contributed by atoms with Crippen molar-refractivity contribution in [1.82, 2.24) is 0 Å². The molecule has 0 aliphatic carbocycles. The van der Waals surface area contributed by atoms with Gasteiger partial charge in [0.15, 0.2) is 18.7 Å². The first-order valence-electron chi connectivity index (χ1n) is 4.92. The molecule has 0 spiro atoms. The standard InChI is InChI=1S/C9H16O4/c1-2-6(10)4-3-5-11-8-7-9(12-7)13-8/h6-10H,2-5H2,1H3. The lowest BCUT2D eigenvalue weighted by molar-refractivity contribution is -0.202. The SMILES string of the molecule is CCC(O)CCCOC1OC2OC12. The van der Waals surface area contributed by atoms with E-state index in [1.54, 1.807) is 0 Å². The molecule has 76 valence electrons. The van der Waals surface area contributed by atoms with Crippen LogP contribution in [0.4, 0.5) is 0 Å². The zero-order valence-corrected chi connectivity index (χ0v) is 7.81. The summed E-state index contributed by atoms with van der Waals surface area (Å²) >= 11 is 0. The number of hydrogen-bond donors (Lipinski definition) is 1. The van der Waals surface area contributed by atoms with E-state index in [4.69, 9.17) is 14.2 Å². The lowest BCUT2D eigenvalue weighted by atomic mass is 10.1. The number of ether oxygens (including phenoxy) is 3. The van der Waals surface area contributed by atoms with Gasteiger partial charge in [0.05, 0.1) is 6.10 Å². The van der Waals surface area contributed by atoms with Crippen molar-refractivity contribution in [3.63, 3.8) is 0 Å². The quantitative estimate of drug-likeness (QED) is 0.491. The molecule has 0 radical (unpaired) electrons. The van der Waals surface area contributed by atoms with E-state index in [-0.39, 0.29) is 24.8 Å². The number of aliphatic hydroxyl groups excluding tert-OH is 1.